The summed E-state index contributed by atoms with van der Waals surface area (Å²) in [6.07, 6.45) is 0. The van der Waals surface area contributed by atoms with E-state index in [2.05, 4.69) is 15.9 Å². The molecule has 0 spiro atoms. The second-order valence-electron chi connectivity index (χ2n) is 1.81. The third kappa shape index (κ3) is 1.94. The fraction of sp³-hybridized carbons (Fsp3) is 0. The molecule has 1 aromatic rings. The standard InChI is InChI=1S/C6H2AsBrF2O/c8-3-1-4(7-11)6(10)5(9)2-3/h1-2H. The van der Waals surface area contributed by atoms with Gasteiger partial charge in [-0.1, -0.05) is 0 Å². The monoisotopic (exact) mass is 282 g/mol. The predicted octanol–water partition coefficient (Wildman–Crippen LogP) is 1.40. The van der Waals surface area contributed by atoms with Gasteiger partial charge in [0.15, 0.2) is 0 Å². The quantitative estimate of drug-likeness (QED) is 0.562. The van der Waals surface area contributed by atoms with Crippen LogP contribution >= 0.6 is 15.9 Å². The van der Waals surface area contributed by atoms with Gasteiger partial charge in [-0.25, -0.2) is 0 Å². The van der Waals surface area contributed by atoms with Crippen LogP contribution in [0.5, 0.6) is 0 Å². The zero-order chi connectivity index (χ0) is 8.43. The molecule has 1 aromatic carbocycles. The van der Waals surface area contributed by atoms with Gasteiger partial charge in [-0.05, 0) is 0 Å². The molecule has 0 aliphatic carbocycles. The fourth-order valence-corrected chi connectivity index (χ4v) is 2.22. The van der Waals surface area contributed by atoms with Crippen molar-refractivity contribution in [1.29, 1.82) is 0 Å². The first-order valence-electron chi connectivity index (χ1n) is 2.63. The van der Waals surface area contributed by atoms with Crippen molar-refractivity contribution in [1.82, 2.24) is 0 Å². The van der Waals surface area contributed by atoms with Crippen molar-refractivity contribution < 1.29 is 12.5 Å². The number of hydrogen-bond donors (Lipinski definition) is 0. The van der Waals surface area contributed by atoms with Gasteiger partial charge in [-0.15, -0.1) is 0 Å². The van der Waals surface area contributed by atoms with E-state index >= 15 is 0 Å². The molecule has 5 heteroatoms. The van der Waals surface area contributed by atoms with Crippen molar-refractivity contribution in [3.63, 3.8) is 0 Å². The molecule has 0 radical (unpaired) electrons. The normalized spacial score (nSPS) is 10.5. The third-order valence-electron chi connectivity index (χ3n) is 1.07. The fourth-order valence-electron chi connectivity index (χ4n) is 0.609. The molecule has 0 N–H and O–H groups in total. The Bertz CT molecular complexity index is 303. The van der Waals surface area contributed by atoms with Crippen LogP contribution in [0.1, 0.15) is 0 Å². The average molecular weight is 283 g/mol. The van der Waals surface area contributed by atoms with Crippen LogP contribution < -0.4 is 4.35 Å². The van der Waals surface area contributed by atoms with Gasteiger partial charge in [0.2, 0.25) is 0 Å². The van der Waals surface area contributed by atoms with Crippen molar-refractivity contribution in [3.8, 4) is 0 Å². The van der Waals surface area contributed by atoms with Crippen LogP contribution in [0.15, 0.2) is 16.6 Å². The van der Waals surface area contributed by atoms with E-state index in [0.717, 1.165) is 6.07 Å². The first-order chi connectivity index (χ1) is 5.15. The number of benzene rings is 1. The number of rotatable bonds is 1. The van der Waals surface area contributed by atoms with E-state index in [1.807, 2.05) is 0 Å². The SMILES string of the molecule is O=[As]c1cc(Br)cc(F)c1F. The Morgan fingerprint density at radius 1 is 1.36 bits per heavy atom. The first-order valence-corrected chi connectivity index (χ1v) is 5.13. The molecule has 0 heterocycles. The van der Waals surface area contributed by atoms with E-state index in [-0.39, 0.29) is 4.35 Å². The zero-order valence-electron chi connectivity index (χ0n) is 5.14. The summed E-state index contributed by atoms with van der Waals surface area (Å²) >= 11 is 1.45. The van der Waals surface area contributed by atoms with Crippen molar-refractivity contribution in [2.24, 2.45) is 0 Å². The van der Waals surface area contributed by atoms with Gasteiger partial charge >= 0.3 is 76.7 Å². The summed E-state index contributed by atoms with van der Waals surface area (Å²) in [5.41, 5.74) is 0. The molecule has 0 aliphatic heterocycles. The van der Waals surface area contributed by atoms with Crippen molar-refractivity contribution in [2.75, 3.05) is 0 Å². The van der Waals surface area contributed by atoms with Crippen LogP contribution in [0, 0.1) is 11.6 Å². The summed E-state index contributed by atoms with van der Waals surface area (Å²) in [5, 5.41) is 0. The summed E-state index contributed by atoms with van der Waals surface area (Å²) in [6, 6.07) is 2.31. The molecule has 0 bridgehead atoms. The summed E-state index contributed by atoms with van der Waals surface area (Å²) in [7, 11) is 0. The van der Waals surface area contributed by atoms with Gasteiger partial charge in [-0.3, -0.25) is 0 Å². The topological polar surface area (TPSA) is 17.1 Å². The van der Waals surface area contributed by atoms with Gasteiger partial charge < -0.3 is 0 Å². The molecule has 0 aliphatic rings. The zero-order valence-corrected chi connectivity index (χ0v) is 8.61. The van der Waals surface area contributed by atoms with E-state index in [9.17, 15) is 12.5 Å². The Labute approximate surface area is 76.8 Å². The minimum atomic E-state index is -1.51. The molecular weight excluding hydrogens is 281 g/mol. The van der Waals surface area contributed by atoms with Gasteiger partial charge in [0, 0.05) is 0 Å². The van der Waals surface area contributed by atoms with Crippen LogP contribution in [0.4, 0.5) is 8.78 Å². The Morgan fingerprint density at radius 3 is 2.55 bits per heavy atom. The Balaban J connectivity index is 3.35. The second-order valence-corrected chi connectivity index (χ2v) is 4.12. The predicted molar refractivity (Wildman–Crippen MR) is 40.1 cm³/mol. The van der Waals surface area contributed by atoms with E-state index in [0.29, 0.717) is 4.47 Å². The summed E-state index contributed by atoms with van der Waals surface area (Å²) < 4.78 is 35.8. The molecule has 0 aromatic heterocycles. The number of halogens is 3. The van der Waals surface area contributed by atoms with Crippen LogP contribution in [0.25, 0.3) is 0 Å². The second kappa shape index (κ2) is 3.54. The van der Waals surface area contributed by atoms with E-state index in [1.54, 1.807) is 0 Å². The van der Waals surface area contributed by atoms with Gasteiger partial charge in [0.1, 0.15) is 0 Å². The molecular formula is C6H2AsBrF2O. The molecule has 0 saturated carbocycles. The van der Waals surface area contributed by atoms with Crippen LogP contribution in [0.3, 0.4) is 0 Å². The van der Waals surface area contributed by atoms with Crippen LogP contribution in [-0.2, 0) is 3.74 Å². The van der Waals surface area contributed by atoms with E-state index in [1.165, 1.54) is 6.07 Å². The minimum absolute atomic E-state index is 0.0619. The van der Waals surface area contributed by atoms with Crippen molar-refractivity contribution in [2.45, 2.75) is 0 Å². The maximum absolute atomic E-state index is 12.6. The Hall–Kier alpha value is -0.0816. The molecule has 0 fully saturated rings. The Morgan fingerprint density at radius 2 is 2.00 bits per heavy atom. The molecule has 0 atom stereocenters. The third-order valence-corrected chi connectivity index (χ3v) is 2.63. The molecule has 11 heavy (non-hydrogen) atoms. The maximum atomic E-state index is 12.6. The summed E-state index contributed by atoms with van der Waals surface area (Å²) in [4.78, 5) is 0. The van der Waals surface area contributed by atoms with Crippen molar-refractivity contribution in [3.05, 3.63) is 28.2 Å². The van der Waals surface area contributed by atoms with E-state index in [4.69, 9.17) is 0 Å². The molecule has 0 saturated heterocycles. The molecule has 0 unspecified atom stereocenters. The van der Waals surface area contributed by atoms with Crippen LogP contribution in [-0.4, -0.2) is 15.7 Å². The van der Waals surface area contributed by atoms with Gasteiger partial charge in [-0.2, -0.15) is 0 Å². The summed E-state index contributed by atoms with van der Waals surface area (Å²) in [6.45, 7) is 0. The average Bonchev–Trinajstić information content (AvgIpc) is 1.96. The van der Waals surface area contributed by atoms with Crippen LogP contribution in [0.2, 0.25) is 0 Å². The van der Waals surface area contributed by atoms with Gasteiger partial charge in [0.25, 0.3) is 0 Å². The molecule has 1 nitrogen and oxygen atoms in total. The molecule has 1 rings (SSSR count). The summed E-state index contributed by atoms with van der Waals surface area (Å²) in [5.74, 6) is -1.98. The number of hydrogen-bond acceptors (Lipinski definition) is 1. The Kier molecular flexibility index (Phi) is 2.90. The van der Waals surface area contributed by atoms with E-state index < -0.39 is 27.3 Å². The van der Waals surface area contributed by atoms with Gasteiger partial charge in [0.05, 0.1) is 0 Å². The first kappa shape index (κ1) is 9.01. The molecule has 58 valence electrons. The molecule has 0 amide bonds. The van der Waals surface area contributed by atoms with Crippen molar-refractivity contribution >= 4 is 36.0 Å².